The summed E-state index contributed by atoms with van der Waals surface area (Å²) in [6.45, 7) is -0.302. The number of nitrogens with zero attached hydrogens (tertiary/aromatic N) is 1. The molecule has 2 aromatic rings. The first kappa shape index (κ1) is 16.2. The van der Waals surface area contributed by atoms with Crippen molar-refractivity contribution in [1.29, 1.82) is 0 Å². The topological polar surface area (TPSA) is 88.0 Å². The van der Waals surface area contributed by atoms with Crippen LogP contribution in [0.15, 0.2) is 53.6 Å². The van der Waals surface area contributed by atoms with Gasteiger partial charge in [-0.15, -0.1) is 0 Å². The van der Waals surface area contributed by atoms with Gasteiger partial charge in [0, 0.05) is 5.56 Å². The molecular formula is C16H13FN2O4. The first-order chi connectivity index (χ1) is 11.1. The Morgan fingerprint density at radius 1 is 1.17 bits per heavy atom. The number of aromatic carboxylic acids is 1. The van der Waals surface area contributed by atoms with Crippen LogP contribution in [0.2, 0.25) is 0 Å². The fourth-order valence-electron chi connectivity index (χ4n) is 1.69. The van der Waals surface area contributed by atoms with E-state index in [1.54, 1.807) is 18.2 Å². The largest absolute Gasteiger partial charge is 0.484 e. The van der Waals surface area contributed by atoms with Gasteiger partial charge in [0.05, 0.1) is 11.8 Å². The molecule has 0 bridgehead atoms. The summed E-state index contributed by atoms with van der Waals surface area (Å²) < 4.78 is 17.8. The van der Waals surface area contributed by atoms with Crippen LogP contribution in [-0.4, -0.2) is 29.8 Å². The highest BCUT2D eigenvalue weighted by Gasteiger charge is 2.07. The fraction of sp³-hybridized carbons (Fsp3) is 0.0625. The first-order valence-electron chi connectivity index (χ1n) is 6.59. The number of carbonyl (C=O) groups is 2. The third kappa shape index (κ3) is 4.92. The number of ether oxygens (including phenoxy) is 1. The Morgan fingerprint density at radius 2 is 1.87 bits per heavy atom. The maximum Gasteiger partial charge on any atom is 0.336 e. The predicted octanol–water partition coefficient (Wildman–Crippen LogP) is 2.05. The second kappa shape index (κ2) is 7.69. The third-order valence-corrected chi connectivity index (χ3v) is 2.77. The van der Waals surface area contributed by atoms with Crippen LogP contribution in [0.25, 0.3) is 0 Å². The lowest BCUT2D eigenvalue weighted by Gasteiger charge is -2.04. The smallest absolute Gasteiger partial charge is 0.336 e. The minimum Gasteiger partial charge on any atom is -0.484 e. The number of carboxylic acid groups (broad SMARTS) is 1. The van der Waals surface area contributed by atoms with Gasteiger partial charge in [-0.25, -0.2) is 14.6 Å². The van der Waals surface area contributed by atoms with Gasteiger partial charge in [0.15, 0.2) is 6.61 Å². The number of hydrogen-bond donors (Lipinski definition) is 2. The Labute approximate surface area is 131 Å². The molecule has 0 aliphatic rings. The van der Waals surface area contributed by atoms with Crippen molar-refractivity contribution in [3.8, 4) is 5.75 Å². The predicted molar refractivity (Wildman–Crippen MR) is 81.0 cm³/mol. The molecule has 0 saturated carbocycles. The van der Waals surface area contributed by atoms with Gasteiger partial charge in [0.1, 0.15) is 11.6 Å². The molecule has 0 fully saturated rings. The van der Waals surface area contributed by atoms with Crippen molar-refractivity contribution in [2.75, 3.05) is 6.61 Å². The number of benzene rings is 2. The highest BCUT2D eigenvalue weighted by atomic mass is 19.1. The molecule has 118 valence electrons. The van der Waals surface area contributed by atoms with E-state index in [0.29, 0.717) is 11.3 Å². The number of hydrogen-bond acceptors (Lipinski definition) is 4. The molecular weight excluding hydrogens is 303 g/mol. The van der Waals surface area contributed by atoms with E-state index in [1.807, 2.05) is 0 Å². The normalized spacial score (nSPS) is 10.5. The first-order valence-corrected chi connectivity index (χ1v) is 6.59. The molecule has 2 N–H and O–H groups in total. The van der Waals surface area contributed by atoms with Crippen LogP contribution >= 0.6 is 0 Å². The summed E-state index contributed by atoms with van der Waals surface area (Å²) in [5, 5.41) is 12.7. The van der Waals surface area contributed by atoms with Crippen LogP contribution in [-0.2, 0) is 4.79 Å². The van der Waals surface area contributed by atoms with E-state index in [4.69, 9.17) is 9.84 Å². The molecule has 2 aromatic carbocycles. The Bertz CT molecular complexity index is 729. The van der Waals surface area contributed by atoms with E-state index in [2.05, 4.69) is 10.5 Å². The number of amides is 1. The standard InChI is InChI=1S/C16H13FN2O4/c17-12-5-7-13(8-6-12)23-10-15(20)19-18-9-11-3-1-2-4-14(11)16(21)22/h1-9H,10H2,(H,19,20)(H,21,22)/b18-9+. The summed E-state index contributed by atoms with van der Waals surface area (Å²) in [6, 6.07) is 11.5. The van der Waals surface area contributed by atoms with E-state index in [1.165, 1.54) is 36.5 Å². The van der Waals surface area contributed by atoms with E-state index < -0.39 is 17.7 Å². The Morgan fingerprint density at radius 3 is 2.57 bits per heavy atom. The quantitative estimate of drug-likeness (QED) is 0.630. The lowest BCUT2D eigenvalue weighted by Crippen LogP contribution is -2.24. The van der Waals surface area contributed by atoms with E-state index in [0.717, 1.165) is 0 Å². The Balaban J connectivity index is 1.87. The molecule has 1 amide bonds. The molecule has 0 radical (unpaired) electrons. The lowest BCUT2D eigenvalue weighted by molar-refractivity contribution is -0.123. The lowest BCUT2D eigenvalue weighted by atomic mass is 10.1. The van der Waals surface area contributed by atoms with Gasteiger partial charge >= 0.3 is 5.97 Å². The number of carboxylic acids is 1. The van der Waals surface area contributed by atoms with Crippen molar-refractivity contribution in [3.63, 3.8) is 0 Å². The van der Waals surface area contributed by atoms with Crippen LogP contribution in [0.1, 0.15) is 15.9 Å². The maximum absolute atomic E-state index is 12.7. The van der Waals surface area contributed by atoms with E-state index in [9.17, 15) is 14.0 Å². The molecule has 0 aliphatic heterocycles. The van der Waals surface area contributed by atoms with Crippen molar-refractivity contribution in [3.05, 3.63) is 65.5 Å². The minimum absolute atomic E-state index is 0.0769. The van der Waals surface area contributed by atoms with Gasteiger partial charge in [-0.05, 0) is 30.3 Å². The van der Waals surface area contributed by atoms with Crippen molar-refractivity contribution in [2.45, 2.75) is 0 Å². The molecule has 6 nitrogen and oxygen atoms in total. The van der Waals surface area contributed by atoms with Crippen LogP contribution in [0, 0.1) is 5.82 Å². The second-order valence-corrected chi connectivity index (χ2v) is 4.43. The molecule has 0 heterocycles. The number of rotatable bonds is 6. The molecule has 2 rings (SSSR count). The van der Waals surface area contributed by atoms with Gasteiger partial charge in [-0.2, -0.15) is 5.10 Å². The van der Waals surface area contributed by atoms with Gasteiger partial charge < -0.3 is 9.84 Å². The van der Waals surface area contributed by atoms with Gasteiger partial charge in [0.2, 0.25) is 0 Å². The van der Waals surface area contributed by atoms with Gasteiger partial charge in [-0.3, -0.25) is 4.79 Å². The summed E-state index contributed by atoms with van der Waals surface area (Å²) in [5.74, 6) is -1.67. The summed E-state index contributed by atoms with van der Waals surface area (Å²) in [6.07, 6.45) is 1.24. The van der Waals surface area contributed by atoms with Crippen molar-refractivity contribution in [2.24, 2.45) is 5.10 Å². The Kier molecular flexibility index (Phi) is 5.40. The van der Waals surface area contributed by atoms with Gasteiger partial charge in [0.25, 0.3) is 5.91 Å². The molecule has 0 saturated heterocycles. The van der Waals surface area contributed by atoms with Crippen molar-refractivity contribution < 1.29 is 23.8 Å². The molecule has 0 aromatic heterocycles. The highest BCUT2D eigenvalue weighted by molar-refractivity contribution is 5.98. The number of hydrazone groups is 1. The maximum atomic E-state index is 12.7. The monoisotopic (exact) mass is 316 g/mol. The zero-order chi connectivity index (χ0) is 16.7. The third-order valence-electron chi connectivity index (χ3n) is 2.77. The van der Waals surface area contributed by atoms with E-state index in [-0.39, 0.29) is 12.2 Å². The number of nitrogens with one attached hydrogen (secondary N) is 1. The van der Waals surface area contributed by atoms with Crippen LogP contribution in [0.3, 0.4) is 0 Å². The number of halogens is 1. The summed E-state index contributed by atoms with van der Waals surface area (Å²) in [4.78, 5) is 22.6. The summed E-state index contributed by atoms with van der Waals surface area (Å²) >= 11 is 0. The average Bonchev–Trinajstić information content (AvgIpc) is 2.54. The minimum atomic E-state index is -1.09. The van der Waals surface area contributed by atoms with E-state index >= 15 is 0 Å². The molecule has 23 heavy (non-hydrogen) atoms. The van der Waals surface area contributed by atoms with Gasteiger partial charge in [-0.1, -0.05) is 18.2 Å². The molecule has 0 unspecified atom stereocenters. The van der Waals surface area contributed by atoms with Crippen molar-refractivity contribution in [1.82, 2.24) is 5.43 Å². The summed E-state index contributed by atoms with van der Waals surface area (Å²) in [5.41, 5.74) is 2.66. The average molecular weight is 316 g/mol. The SMILES string of the molecule is O=C(COc1ccc(F)cc1)N/N=C/c1ccccc1C(=O)O. The molecule has 0 spiro atoms. The second-order valence-electron chi connectivity index (χ2n) is 4.43. The highest BCUT2D eigenvalue weighted by Crippen LogP contribution is 2.10. The zero-order valence-electron chi connectivity index (χ0n) is 11.9. The summed E-state index contributed by atoms with van der Waals surface area (Å²) in [7, 11) is 0. The van der Waals surface area contributed by atoms with Crippen LogP contribution < -0.4 is 10.2 Å². The number of carbonyl (C=O) groups excluding carboxylic acids is 1. The Hall–Kier alpha value is -3.22. The molecule has 7 heteroatoms. The zero-order valence-corrected chi connectivity index (χ0v) is 11.9. The van der Waals surface area contributed by atoms with Crippen LogP contribution in [0.5, 0.6) is 5.75 Å². The fourth-order valence-corrected chi connectivity index (χ4v) is 1.69. The van der Waals surface area contributed by atoms with Crippen molar-refractivity contribution >= 4 is 18.1 Å². The van der Waals surface area contributed by atoms with Crippen LogP contribution in [0.4, 0.5) is 4.39 Å². The molecule has 0 atom stereocenters. The molecule has 0 aliphatic carbocycles.